The molecule has 0 aliphatic rings. The van der Waals surface area contributed by atoms with Gasteiger partial charge < -0.3 is 0 Å². The van der Waals surface area contributed by atoms with E-state index in [1.807, 2.05) is 97.1 Å². The van der Waals surface area contributed by atoms with Gasteiger partial charge in [-0.15, -0.1) is 0 Å². The van der Waals surface area contributed by atoms with Crippen LogP contribution in [0, 0.1) is 0 Å². The summed E-state index contributed by atoms with van der Waals surface area (Å²) in [4.78, 5) is 35.1. The summed E-state index contributed by atoms with van der Waals surface area (Å²) in [6, 6.07) is 146. The fraction of sp³-hybridized carbons (Fsp3) is 0. The van der Waals surface area contributed by atoms with Gasteiger partial charge in [0.1, 0.15) is 0 Å². The van der Waals surface area contributed by atoms with Gasteiger partial charge in [0, 0.05) is 76.8 Å². The first kappa shape index (κ1) is 67.5. The first-order valence-electron chi connectivity index (χ1n) is 37.7. The van der Waals surface area contributed by atoms with E-state index in [-0.39, 0.29) is 0 Å². The Morgan fingerprint density at radius 2 is 0.375 bits per heavy atom. The summed E-state index contributed by atoms with van der Waals surface area (Å²) in [5, 5.41) is 7.01. The molecule has 20 aromatic rings. The summed E-state index contributed by atoms with van der Waals surface area (Å²) in [6.07, 6.45) is 0. The van der Waals surface area contributed by atoms with Crippen molar-refractivity contribution < 1.29 is 0 Å². The molecular formula is C105H69N7. The fourth-order valence-electron chi connectivity index (χ4n) is 15.2. The molecule has 0 aliphatic carbocycles. The molecule has 0 unspecified atom stereocenters. The molecular weight excluding hydrogens is 1360 g/mol. The van der Waals surface area contributed by atoms with E-state index < -0.39 is 0 Å². The van der Waals surface area contributed by atoms with Crippen LogP contribution in [0.25, 0.3) is 201 Å². The van der Waals surface area contributed by atoms with Gasteiger partial charge in [0.05, 0.1) is 33.8 Å². The molecule has 0 bridgehead atoms. The van der Waals surface area contributed by atoms with Crippen molar-refractivity contribution >= 4 is 43.4 Å². The normalized spacial score (nSPS) is 11.2. The maximum atomic E-state index is 5.26. The second kappa shape index (κ2) is 30.3. The van der Waals surface area contributed by atoms with E-state index >= 15 is 0 Å². The first-order valence-corrected chi connectivity index (χ1v) is 37.7. The van der Waals surface area contributed by atoms with Crippen molar-refractivity contribution in [1.29, 1.82) is 0 Å². The Morgan fingerprint density at radius 1 is 0.134 bits per heavy atom. The van der Waals surface area contributed by atoms with Gasteiger partial charge in [-0.2, -0.15) is 0 Å². The largest absolute Gasteiger partial charge is 0.247 e. The Kier molecular flexibility index (Phi) is 18.3. The van der Waals surface area contributed by atoms with Crippen LogP contribution >= 0.6 is 0 Å². The minimum absolute atomic E-state index is 0.643. The van der Waals surface area contributed by atoms with Gasteiger partial charge in [-0.05, 0) is 97.1 Å². The number of rotatable bonds is 14. The number of hydrogen-bond donors (Lipinski definition) is 0. The summed E-state index contributed by atoms with van der Waals surface area (Å²) in [6.45, 7) is 0. The van der Waals surface area contributed by atoms with Gasteiger partial charge in [0.2, 0.25) is 0 Å². The van der Waals surface area contributed by atoms with Crippen molar-refractivity contribution in [3.8, 4) is 157 Å². The molecule has 524 valence electrons. The summed E-state index contributed by atoms with van der Waals surface area (Å²) in [5.74, 6) is 2.66. The Hall–Kier alpha value is -15.1. The topological polar surface area (TPSA) is 90.2 Å². The zero-order chi connectivity index (χ0) is 74.5. The molecule has 112 heavy (non-hydrogen) atoms. The van der Waals surface area contributed by atoms with E-state index in [1.165, 1.54) is 33.0 Å². The zero-order valence-corrected chi connectivity index (χ0v) is 61.0. The monoisotopic (exact) mass is 1430 g/mol. The smallest absolute Gasteiger partial charge is 0.164 e. The van der Waals surface area contributed by atoms with E-state index in [9.17, 15) is 0 Å². The standard InChI is InChI=1S/C53H35N3.C52H34N4/c1-5-14-39(15-6-1)45-22-13-23-46-51(45)47-34-44(32-33-48(47)54-52(46)42-18-9-3-10-19-42)38-26-24-36(25-27-38)37-28-30-41(31-29-37)50-35-49(40-16-7-2-8-17-40)55-53(56-50)43-20-11-4-12-21-43;1-5-14-38(15-6-1)44-22-13-23-45-48(44)46-34-43(32-33-47(46)53-49(45)39-16-7-2-8-17-39)37-26-24-35(25-27-37)36-28-30-42(31-29-36)52-55-50(40-18-9-3-10-19-40)54-51(56-52)41-20-11-4-12-21-41/h1-35H;1-34H. The van der Waals surface area contributed by atoms with Crippen molar-refractivity contribution in [2.75, 3.05) is 0 Å². The van der Waals surface area contributed by atoms with E-state index in [4.69, 9.17) is 34.9 Å². The predicted octanol–water partition coefficient (Wildman–Crippen LogP) is 27.1. The van der Waals surface area contributed by atoms with Gasteiger partial charge in [-0.25, -0.2) is 34.9 Å². The second-order valence-electron chi connectivity index (χ2n) is 27.8. The molecule has 0 N–H and O–H groups in total. The van der Waals surface area contributed by atoms with Crippen LogP contribution in [0.1, 0.15) is 0 Å². The third kappa shape index (κ3) is 13.7. The molecule has 0 atom stereocenters. The average molecular weight is 1430 g/mol. The molecule has 4 aromatic heterocycles. The minimum Gasteiger partial charge on any atom is -0.247 e. The van der Waals surface area contributed by atoms with Gasteiger partial charge in [-0.3, -0.25) is 0 Å². The Morgan fingerprint density at radius 3 is 0.705 bits per heavy atom. The fourth-order valence-corrected chi connectivity index (χ4v) is 15.2. The summed E-state index contributed by atoms with van der Waals surface area (Å²) in [5.41, 5.74) is 27.9. The van der Waals surface area contributed by atoms with E-state index in [0.717, 1.165) is 144 Å². The van der Waals surface area contributed by atoms with Crippen LogP contribution in [0.2, 0.25) is 0 Å². The lowest BCUT2D eigenvalue weighted by molar-refractivity contribution is 1.07. The molecule has 4 heterocycles. The second-order valence-corrected chi connectivity index (χ2v) is 27.8. The lowest BCUT2D eigenvalue weighted by Gasteiger charge is -2.15. The first-order chi connectivity index (χ1) is 55.5. The van der Waals surface area contributed by atoms with E-state index in [1.54, 1.807) is 0 Å². The van der Waals surface area contributed by atoms with E-state index in [2.05, 4.69) is 322 Å². The Balaban J connectivity index is 0.000000151. The number of benzene rings is 16. The highest BCUT2D eigenvalue weighted by atomic mass is 15.0. The van der Waals surface area contributed by atoms with Crippen molar-refractivity contribution in [3.05, 3.63) is 419 Å². The van der Waals surface area contributed by atoms with Crippen molar-refractivity contribution in [2.24, 2.45) is 0 Å². The molecule has 7 nitrogen and oxygen atoms in total. The van der Waals surface area contributed by atoms with Gasteiger partial charge in [-0.1, -0.05) is 388 Å². The van der Waals surface area contributed by atoms with Gasteiger partial charge >= 0.3 is 0 Å². The number of fused-ring (bicyclic) bond motifs is 6. The molecule has 0 radical (unpaired) electrons. The molecule has 0 spiro atoms. The average Bonchev–Trinajstić information content (AvgIpc) is 0.746. The van der Waals surface area contributed by atoms with Crippen LogP contribution in [0.3, 0.4) is 0 Å². The van der Waals surface area contributed by atoms with E-state index in [0.29, 0.717) is 23.3 Å². The zero-order valence-electron chi connectivity index (χ0n) is 61.0. The number of nitrogens with zero attached hydrogens (tertiary/aromatic N) is 7. The maximum Gasteiger partial charge on any atom is 0.164 e. The number of pyridine rings is 2. The van der Waals surface area contributed by atoms with Gasteiger partial charge in [0.15, 0.2) is 23.3 Å². The molecule has 0 saturated carbocycles. The van der Waals surface area contributed by atoms with Crippen LogP contribution in [-0.2, 0) is 0 Å². The van der Waals surface area contributed by atoms with Crippen molar-refractivity contribution in [1.82, 2.24) is 34.9 Å². The third-order valence-corrected chi connectivity index (χ3v) is 20.9. The minimum atomic E-state index is 0.643. The predicted molar refractivity (Wildman–Crippen MR) is 464 cm³/mol. The van der Waals surface area contributed by atoms with Crippen LogP contribution in [0.5, 0.6) is 0 Å². The highest BCUT2D eigenvalue weighted by Gasteiger charge is 2.20. The summed E-state index contributed by atoms with van der Waals surface area (Å²) < 4.78 is 0. The quantitative estimate of drug-likeness (QED) is 0.100. The van der Waals surface area contributed by atoms with Gasteiger partial charge in [0.25, 0.3) is 0 Å². The van der Waals surface area contributed by atoms with Crippen LogP contribution in [-0.4, -0.2) is 34.9 Å². The highest BCUT2D eigenvalue weighted by molar-refractivity contribution is 6.19. The highest BCUT2D eigenvalue weighted by Crippen LogP contribution is 2.43. The van der Waals surface area contributed by atoms with Crippen molar-refractivity contribution in [3.63, 3.8) is 0 Å². The maximum absolute atomic E-state index is 5.26. The lowest BCUT2D eigenvalue weighted by atomic mass is 9.91. The molecule has 7 heteroatoms. The van der Waals surface area contributed by atoms with Crippen LogP contribution in [0.4, 0.5) is 0 Å². The van der Waals surface area contributed by atoms with Crippen LogP contribution in [0.15, 0.2) is 419 Å². The lowest BCUT2D eigenvalue weighted by Crippen LogP contribution is -2.00. The molecule has 0 saturated heterocycles. The van der Waals surface area contributed by atoms with Crippen molar-refractivity contribution in [2.45, 2.75) is 0 Å². The molecule has 20 rings (SSSR count). The Bertz CT molecular complexity index is 6230. The number of hydrogen-bond acceptors (Lipinski definition) is 7. The molecule has 16 aromatic carbocycles. The van der Waals surface area contributed by atoms with Crippen LogP contribution < -0.4 is 0 Å². The molecule has 0 aliphatic heterocycles. The SMILES string of the molecule is c1ccc(-c2cc(-c3ccc(-c4ccc(-c5ccc6nc(-c7ccccc7)c7cccc(-c8ccccc8)c7c6c5)cc4)cc3)nc(-c3ccccc3)n2)cc1.c1ccc(-c2nc(-c3ccccc3)nc(-c3ccc(-c4ccc(-c5ccc6nc(-c7ccccc7)c7cccc(-c8ccccc8)c7c6c5)cc4)cc3)n2)cc1. The summed E-state index contributed by atoms with van der Waals surface area (Å²) >= 11 is 0. The third-order valence-electron chi connectivity index (χ3n) is 20.9. The molecule has 0 amide bonds. The number of aromatic nitrogens is 7. The molecule has 0 fully saturated rings. The Labute approximate surface area is 650 Å². The summed E-state index contributed by atoms with van der Waals surface area (Å²) in [7, 11) is 0.